The number of hydrogen-bond donors (Lipinski definition) is 2. The normalized spacial score (nSPS) is 10.5. The predicted molar refractivity (Wildman–Crippen MR) is 66.6 cm³/mol. The van der Waals surface area contributed by atoms with Crippen molar-refractivity contribution in [3.63, 3.8) is 0 Å². The van der Waals surface area contributed by atoms with E-state index in [1.54, 1.807) is 12.1 Å². The van der Waals surface area contributed by atoms with Gasteiger partial charge in [0.15, 0.2) is 0 Å². The first-order valence-electron chi connectivity index (χ1n) is 5.29. The molecule has 3 N–H and O–H groups in total. The van der Waals surface area contributed by atoms with E-state index < -0.39 is 5.97 Å². The number of hydrogen-bond acceptors (Lipinski definition) is 2. The second-order valence-corrected chi connectivity index (χ2v) is 4.03. The standard InChI is InChI=1S/C13H14N2O2/c1-8-3-4-9(2)15(8)10-5-6-11(13(16)17)12(14)7-10/h3-7H,14H2,1-2H3,(H,16,17). The topological polar surface area (TPSA) is 68.2 Å². The van der Waals surface area contributed by atoms with Gasteiger partial charge in [-0.25, -0.2) is 4.79 Å². The molecule has 1 aromatic heterocycles. The molecule has 0 aliphatic rings. The molecule has 1 heterocycles. The van der Waals surface area contributed by atoms with Gasteiger partial charge in [0, 0.05) is 22.8 Å². The van der Waals surface area contributed by atoms with Crippen molar-refractivity contribution in [1.82, 2.24) is 4.57 Å². The summed E-state index contributed by atoms with van der Waals surface area (Å²) in [5, 5.41) is 8.91. The molecule has 0 atom stereocenters. The van der Waals surface area contributed by atoms with E-state index >= 15 is 0 Å². The molecule has 17 heavy (non-hydrogen) atoms. The lowest BCUT2D eigenvalue weighted by atomic mass is 10.1. The van der Waals surface area contributed by atoms with Gasteiger partial charge in [0.2, 0.25) is 0 Å². The molecule has 0 bridgehead atoms. The number of rotatable bonds is 2. The Bertz CT molecular complexity index is 566. The number of carbonyl (C=O) groups is 1. The number of carboxylic acids is 1. The third kappa shape index (κ3) is 1.89. The van der Waals surface area contributed by atoms with Crippen molar-refractivity contribution in [2.75, 3.05) is 5.73 Å². The number of nitrogen functional groups attached to an aromatic ring is 1. The zero-order chi connectivity index (χ0) is 12.6. The highest BCUT2D eigenvalue weighted by Crippen LogP contribution is 2.21. The lowest BCUT2D eigenvalue weighted by Crippen LogP contribution is -2.05. The van der Waals surface area contributed by atoms with E-state index in [2.05, 4.69) is 0 Å². The molecule has 1 aromatic carbocycles. The maximum Gasteiger partial charge on any atom is 0.337 e. The van der Waals surface area contributed by atoms with Crippen molar-refractivity contribution >= 4 is 11.7 Å². The first kappa shape index (κ1) is 11.3. The summed E-state index contributed by atoms with van der Waals surface area (Å²) in [5.74, 6) is -1.00. The highest BCUT2D eigenvalue weighted by molar-refractivity contribution is 5.94. The summed E-state index contributed by atoms with van der Waals surface area (Å²) in [6, 6.07) is 9.00. The maximum absolute atomic E-state index is 10.9. The summed E-state index contributed by atoms with van der Waals surface area (Å²) < 4.78 is 2.03. The number of carboxylic acid groups (broad SMARTS) is 1. The van der Waals surface area contributed by atoms with Crippen LogP contribution in [0.15, 0.2) is 30.3 Å². The van der Waals surface area contributed by atoms with Crippen LogP contribution in [0.4, 0.5) is 5.69 Å². The van der Waals surface area contributed by atoms with E-state index in [9.17, 15) is 4.79 Å². The third-order valence-corrected chi connectivity index (χ3v) is 2.79. The highest BCUT2D eigenvalue weighted by Gasteiger charge is 2.10. The molecule has 2 rings (SSSR count). The average Bonchev–Trinajstić information content (AvgIpc) is 2.58. The van der Waals surface area contributed by atoms with Crippen molar-refractivity contribution in [2.24, 2.45) is 0 Å². The number of benzene rings is 1. The lowest BCUT2D eigenvalue weighted by molar-refractivity contribution is 0.0698. The quantitative estimate of drug-likeness (QED) is 0.778. The molecule has 0 saturated carbocycles. The molecular weight excluding hydrogens is 216 g/mol. The zero-order valence-corrected chi connectivity index (χ0v) is 9.77. The Kier molecular flexibility index (Phi) is 2.63. The largest absolute Gasteiger partial charge is 0.478 e. The zero-order valence-electron chi connectivity index (χ0n) is 9.77. The number of aromatic nitrogens is 1. The van der Waals surface area contributed by atoms with E-state index in [1.165, 1.54) is 6.07 Å². The Balaban J connectivity index is 2.56. The van der Waals surface area contributed by atoms with Crippen LogP contribution in [-0.4, -0.2) is 15.6 Å². The van der Waals surface area contributed by atoms with Crippen molar-refractivity contribution in [2.45, 2.75) is 13.8 Å². The van der Waals surface area contributed by atoms with Gasteiger partial charge in [-0.1, -0.05) is 0 Å². The fourth-order valence-corrected chi connectivity index (χ4v) is 1.96. The first-order chi connectivity index (χ1) is 8.00. The smallest absolute Gasteiger partial charge is 0.337 e. The van der Waals surface area contributed by atoms with Gasteiger partial charge in [-0.05, 0) is 44.2 Å². The molecule has 0 unspecified atom stereocenters. The van der Waals surface area contributed by atoms with Gasteiger partial charge < -0.3 is 15.4 Å². The molecule has 4 heteroatoms. The summed E-state index contributed by atoms with van der Waals surface area (Å²) >= 11 is 0. The summed E-state index contributed by atoms with van der Waals surface area (Å²) in [7, 11) is 0. The summed E-state index contributed by atoms with van der Waals surface area (Å²) in [4.78, 5) is 10.9. The van der Waals surface area contributed by atoms with Gasteiger partial charge in [-0.3, -0.25) is 0 Å². The van der Waals surface area contributed by atoms with Crippen LogP contribution in [0.25, 0.3) is 5.69 Å². The van der Waals surface area contributed by atoms with Crippen molar-refractivity contribution in [3.05, 3.63) is 47.3 Å². The van der Waals surface area contributed by atoms with Crippen LogP contribution < -0.4 is 5.73 Å². The molecule has 0 fully saturated rings. The van der Waals surface area contributed by atoms with Gasteiger partial charge in [0.05, 0.1) is 5.56 Å². The van der Waals surface area contributed by atoms with Crippen LogP contribution in [0.1, 0.15) is 21.7 Å². The van der Waals surface area contributed by atoms with E-state index in [-0.39, 0.29) is 11.3 Å². The second-order valence-electron chi connectivity index (χ2n) is 4.03. The van der Waals surface area contributed by atoms with Crippen LogP contribution in [0, 0.1) is 13.8 Å². The maximum atomic E-state index is 10.9. The number of aromatic carboxylic acids is 1. The van der Waals surface area contributed by atoms with Crippen LogP contribution in [-0.2, 0) is 0 Å². The average molecular weight is 230 g/mol. The number of aryl methyl sites for hydroxylation is 2. The Hall–Kier alpha value is -2.23. The molecule has 0 aliphatic carbocycles. The lowest BCUT2D eigenvalue weighted by Gasteiger charge is -2.11. The van der Waals surface area contributed by atoms with E-state index in [0.29, 0.717) is 0 Å². The summed E-state index contributed by atoms with van der Waals surface area (Å²) in [6.07, 6.45) is 0. The van der Waals surface area contributed by atoms with Gasteiger partial charge in [0.1, 0.15) is 0 Å². The van der Waals surface area contributed by atoms with Crippen LogP contribution in [0.5, 0.6) is 0 Å². The van der Waals surface area contributed by atoms with E-state index in [4.69, 9.17) is 10.8 Å². The molecule has 0 amide bonds. The molecule has 0 aliphatic heterocycles. The molecule has 4 nitrogen and oxygen atoms in total. The van der Waals surface area contributed by atoms with Crippen molar-refractivity contribution < 1.29 is 9.90 Å². The molecule has 0 radical (unpaired) electrons. The van der Waals surface area contributed by atoms with E-state index in [0.717, 1.165) is 17.1 Å². The Morgan fingerprint density at radius 3 is 2.24 bits per heavy atom. The van der Waals surface area contributed by atoms with Gasteiger partial charge in [-0.15, -0.1) is 0 Å². The van der Waals surface area contributed by atoms with Gasteiger partial charge in [-0.2, -0.15) is 0 Å². The van der Waals surface area contributed by atoms with Crippen LogP contribution in [0.2, 0.25) is 0 Å². The molecular formula is C13H14N2O2. The van der Waals surface area contributed by atoms with Crippen LogP contribution in [0.3, 0.4) is 0 Å². The highest BCUT2D eigenvalue weighted by atomic mass is 16.4. The Morgan fingerprint density at radius 1 is 1.18 bits per heavy atom. The minimum atomic E-state index is -1.00. The SMILES string of the molecule is Cc1ccc(C)n1-c1ccc(C(=O)O)c(N)c1. The molecule has 0 saturated heterocycles. The summed E-state index contributed by atoms with van der Waals surface area (Å²) in [5.41, 5.74) is 9.21. The molecule has 2 aromatic rings. The molecule has 0 spiro atoms. The second kappa shape index (κ2) is 3.97. The minimum absolute atomic E-state index is 0.135. The van der Waals surface area contributed by atoms with Gasteiger partial charge >= 0.3 is 5.97 Å². The third-order valence-electron chi connectivity index (χ3n) is 2.79. The first-order valence-corrected chi connectivity index (χ1v) is 5.29. The van der Waals surface area contributed by atoms with Crippen molar-refractivity contribution in [1.29, 1.82) is 0 Å². The van der Waals surface area contributed by atoms with Crippen LogP contribution >= 0.6 is 0 Å². The fraction of sp³-hybridized carbons (Fsp3) is 0.154. The van der Waals surface area contributed by atoms with Gasteiger partial charge in [0.25, 0.3) is 0 Å². The number of nitrogens with zero attached hydrogens (tertiary/aromatic N) is 1. The fourth-order valence-electron chi connectivity index (χ4n) is 1.96. The Morgan fingerprint density at radius 2 is 1.76 bits per heavy atom. The summed E-state index contributed by atoms with van der Waals surface area (Å²) in [6.45, 7) is 3.99. The minimum Gasteiger partial charge on any atom is -0.478 e. The number of nitrogens with two attached hydrogens (primary N) is 1. The van der Waals surface area contributed by atoms with E-state index in [1.807, 2.05) is 30.5 Å². The number of anilines is 1. The predicted octanol–water partition coefficient (Wildman–Crippen LogP) is 2.37. The molecule has 88 valence electrons. The van der Waals surface area contributed by atoms with Crippen molar-refractivity contribution in [3.8, 4) is 5.69 Å². The Labute approximate surface area is 99.3 Å². The monoisotopic (exact) mass is 230 g/mol.